The van der Waals surface area contributed by atoms with Gasteiger partial charge in [0.2, 0.25) is 0 Å². The van der Waals surface area contributed by atoms with Crippen molar-refractivity contribution in [2.24, 2.45) is 0 Å². The number of hydrogen-bond acceptors (Lipinski definition) is 21. The molecule has 0 amide bonds. The van der Waals surface area contributed by atoms with Crippen LogP contribution in [0, 0.1) is 0 Å². The third kappa shape index (κ3) is 21.1. The fourth-order valence-corrected chi connectivity index (χ4v) is 40.2. The lowest BCUT2D eigenvalue weighted by molar-refractivity contribution is -0.263. The maximum absolute atomic E-state index is 16.2. The predicted octanol–water partition coefficient (Wildman–Crippen LogP) is 14.4. The first-order valence-corrected chi connectivity index (χ1v) is 55.3. The summed E-state index contributed by atoms with van der Waals surface area (Å²) in [5, 5.41) is 40.6. The molecule has 8 aromatic carbocycles. The molecule has 3 unspecified atom stereocenters. The Morgan fingerprint density at radius 3 is 0.804 bits per heavy atom. The van der Waals surface area contributed by atoms with Crippen LogP contribution < -0.4 is 41.5 Å². The van der Waals surface area contributed by atoms with Gasteiger partial charge >= 0.3 is 0 Å². The molecule has 2 radical (unpaired) electrons. The van der Waals surface area contributed by atoms with Gasteiger partial charge in [0.05, 0.1) is 33.0 Å². The summed E-state index contributed by atoms with van der Waals surface area (Å²) in [6.07, 6.45) is -12.0. The molecule has 19 atom stereocenters. The minimum absolute atomic E-state index is 0.0486. The van der Waals surface area contributed by atoms with E-state index < -0.39 is 165 Å². The van der Waals surface area contributed by atoms with Gasteiger partial charge in [0.15, 0.2) is 65.4 Å². The molecular formula is C110H149BF2O21Si4. The normalized spacial score (nSPS) is 28.3. The largest absolute Gasteiger partial charge is 0.404 e. The van der Waals surface area contributed by atoms with Crippen molar-refractivity contribution in [3.63, 3.8) is 0 Å². The number of ether oxygens (including phenoxy) is 14. The van der Waals surface area contributed by atoms with E-state index in [0.29, 0.717) is 11.1 Å². The van der Waals surface area contributed by atoms with Gasteiger partial charge in [0.1, 0.15) is 68.4 Å². The van der Waals surface area contributed by atoms with E-state index in [1.165, 1.54) is 7.11 Å². The van der Waals surface area contributed by atoms with Crippen LogP contribution in [0.25, 0.3) is 0 Å². The Morgan fingerprint density at radius 1 is 0.341 bits per heavy atom. The first-order chi connectivity index (χ1) is 64.8. The zero-order valence-corrected chi connectivity index (χ0v) is 89.4. The molecule has 0 spiro atoms. The van der Waals surface area contributed by atoms with Crippen molar-refractivity contribution in [1.82, 2.24) is 0 Å². The molecule has 8 aromatic rings. The van der Waals surface area contributed by atoms with Crippen LogP contribution in [0.1, 0.15) is 145 Å². The van der Waals surface area contributed by atoms with Crippen molar-refractivity contribution >= 4 is 82.6 Å². The van der Waals surface area contributed by atoms with Gasteiger partial charge in [0.25, 0.3) is 33.3 Å². The number of rotatable bonds is 31. The van der Waals surface area contributed by atoms with E-state index in [0.717, 1.165) is 41.5 Å². The van der Waals surface area contributed by atoms with E-state index in [1.807, 2.05) is 163 Å². The summed E-state index contributed by atoms with van der Waals surface area (Å²) in [5.41, 5.74) is -4.34. The van der Waals surface area contributed by atoms with E-state index in [1.54, 1.807) is 42.1 Å². The van der Waals surface area contributed by atoms with Crippen LogP contribution in [0.15, 0.2) is 279 Å². The number of halogens is 2. The molecule has 28 heteroatoms. The highest BCUT2D eigenvalue weighted by Crippen LogP contribution is 2.53. The van der Waals surface area contributed by atoms with Gasteiger partial charge in [-0.3, -0.25) is 0 Å². The molecule has 0 saturated carbocycles. The van der Waals surface area contributed by atoms with Crippen LogP contribution in [0.5, 0.6) is 0 Å². The fourth-order valence-electron chi connectivity index (χ4n) is 21.8. The number of hydrogen-bond donors (Lipinski definition) is 3. The van der Waals surface area contributed by atoms with Crippen LogP contribution in [0.3, 0.4) is 0 Å². The summed E-state index contributed by atoms with van der Waals surface area (Å²) in [5.74, 6) is -2.44. The van der Waals surface area contributed by atoms with Gasteiger partial charge in [-0.1, -0.05) is 345 Å². The van der Waals surface area contributed by atoms with E-state index in [4.69, 9.17) is 91.9 Å². The van der Waals surface area contributed by atoms with Gasteiger partial charge in [-0.15, -0.1) is 0 Å². The maximum atomic E-state index is 16.2. The highest BCUT2D eigenvalue weighted by molar-refractivity contribution is 7.01. The summed E-state index contributed by atoms with van der Waals surface area (Å²) >= 11 is 0. The second-order valence-electron chi connectivity index (χ2n) is 43.0. The van der Waals surface area contributed by atoms with Crippen molar-refractivity contribution < 1.29 is 108 Å². The Hall–Kier alpha value is -7.07. The molecule has 7 aliphatic rings. The third-order valence-electron chi connectivity index (χ3n) is 27.8. The number of benzene rings is 8. The lowest BCUT2D eigenvalue weighted by Crippen LogP contribution is -2.69. The molecule has 7 fully saturated rings. The summed E-state index contributed by atoms with van der Waals surface area (Å²) in [7, 11) is 0.516. The first-order valence-electron chi connectivity index (χ1n) is 47.7. The maximum Gasteiger partial charge on any atom is 0.261 e. The highest BCUT2D eigenvalue weighted by Gasteiger charge is 2.71. The molecule has 138 heavy (non-hydrogen) atoms. The first kappa shape index (κ1) is 110. The van der Waals surface area contributed by atoms with E-state index >= 15 is 8.78 Å². The van der Waals surface area contributed by atoms with Gasteiger partial charge < -0.3 is 99.3 Å². The van der Waals surface area contributed by atoms with Crippen LogP contribution in [-0.2, 0) is 84.0 Å². The average molecular weight is 1970 g/mol. The smallest absolute Gasteiger partial charge is 0.261 e. The fraction of sp³-hybridized carbons (Fsp3) is 0.509. The number of alkyl halides is 2. The molecule has 21 nitrogen and oxygen atoms in total. The molecule has 0 bridgehead atoms. The monoisotopic (exact) mass is 1970 g/mol. The lowest BCUT2D eigenvalue weighted by Gasteiger charge is -2.47. The minimum atomic E-state index is -2.99. The standard InChI is InChI=1S/C29H39FO5Si.C29H40O6Si.C26H34BFO4Si.C26H36O6Si/c2*1-20(2)24(30)29(25(31-8)23-26(35-29)34-28(6,7)33-23)19-32-36(27(3,4)5,21-15-11-9-12-16-21)22-17-13-10-14-18-22;1-18(2)22(28)26(23(30-6)21(29)24(27)32-26)17-31-33(25(3,4)5,19-13-9-7-10-14-19)20-15-11-8-12-16-20;1-24(2,3)33(19-13-9-7-10-14-19,20-15-11-8-12-16-20)29-18-26(17-27)22(28-6)21-23(32-26)31-25(4,5)30-21/h9-18,23-26H,1,19H2,2-8H3;9-18,23-26,30H,1,19H2,2-8H3;7-16,21-24,29H,1,17H2,2-6H3;7-16,21-23,27H,17-18H2,1-6H3/t2*23-,24?,25+,26+,29+;21-,22?,23+,24-,26+;21-,22+,23+,26-/m1111/s1. The molecule has 0 aliphatic carbocycles. The highest BCUT2D eigenvalue weighted by atomic mass is 28.4. The van der Waals surface area contributed by atoms with Gasteiger partial charge in [-0.05, 0) is 141 Å². The van der Waals surface area contributed by atoms with Crippen molar-refractivity contribution in [3.05, 3.63) is 279 Å². The molecular weight excluding hydrogens is 1820 g/mol. The molecule has 748 valence electrons. The minimum Gasteiger partial charge on any atom is -0.404 e. The summed E-state index contributed by atoms with van der Waals surface area (Å²) in [4.78, 5) is 0. The quantitative estimate of drug-likeness (QED) is 0.0271. The Balaban J connectivity index is 0.000000165. The van der Waals surface area contributed by atoms with Crippen LogP contribution >= 0.6 is 0 Å². The lowest BCUT2D eigenvalue weighted by atomic mass is 9.85. The van der Waals surface area contributed by atoms with Crippen molar-refractivity contribution in [3.8, 4) is 0 Å². The molecule has 7 heterocycles. The number of fused-ring (bicyclic) bond motifs is 3. The van der Waals surface area contributed by atoms with Crippen molar-refractivity contribution in [1.29, 1.82) is 0 Å². The predicted molar refractivity (Wildman–Crippen MR) is 547 cm³/mol. The molecule has 7 aliphatic heterocycles. The number of aliphatic hydroxyl groups excluding tert-OH is 3. The van der Waals surface area contributed by atoms with Crippen molar-refractivity contribution in [2.45, 2.75) is 297 Å². The second-order valence-corrected chi connectivity index (χ2v) is 60.2. The summed E-state index contributed by atoms with van der Waals surface area (Å²) in [6, 6.07) is 81.1. The van der Waals surface area contributed by atoms with Crippen molar-refractivity contribution in [2.75, 3.05) is 61.5 Å². The van der Waals surface area contributed by atoms with E-state index in [2.05, 4.69) is 224 Å². The SMILES string of the molecule is C=C(C)C(F)[C@]1(CO[Si](c2ccccc2)(c2ccccc2)C(C)(C)C)O[C@@H]2OC(C)(C)O[C@@H]2[C@@H]1OC.C=C(C)C(O)[C@]1(CO[Si](c2ccccc2)(c2ccccc2)C(C)(C)C)O[C@@H]2OC(C)(C)O[C@@H]2[C@@H]1OC.CO[C@H]1[C@H]2OC(C)(C)O[C@H]2O[C@]1(CO)CO[Si](c1ccccc1)(c1ccccc1)C(C)(C)C.[B][C@@H]1O[C@@](CO[Si](c2ccccc2)(c2ccccc2)C(C)(C)C)(C(F)C(=C)C)[C@@H](OC)[C@H]1O. The van der Waals surface area contributed by atoms with E-state index in [-0.39, 0.29) is 58.8 Å². The second kappa shape index (κ2) is 43.1. The van der Waals surface area contributed by atoms with Gasteiger partial charge in [-0.25, -0.2) is 8.78 Å². The Bertz CT molecular complexity index is 4950. The van der Waals surface area contributed by atoms with Gasteiger partial charge in [-0.2, -0.15) is 0 Å². The third-order valence-corrected chi connectivity index (χ3v) is 47.8. The average Bonchev–Trinajstić information content (AvgIpc) is 1.51. The molecule has 0 aromatic heterocycles. The Labute approximate surface area is 823 Å². The number of aliphatic hydroxyl groups is 3. The zero-order chi connectivity index (χ0) is 101. The molecule has 15 rings (SSSR count). The van der Waals surface area contributed by atoms with Gasteiger partial charge in [0, 0.05) is 34.4 Å². The Kier molecular flexibility index (Phi) is 34.2. The van der Waals surface area contributed by atoms with Crippen LogP contribution in [0.2, 0.25) is 20.2 Å². The summed E-state index contributed by atoms with van der Waals surface area (Å²) < 4.78 is 145. The zero-order valence-electron chi connectivity index (χ0n) is 85.4. The number of methoxy groups -OCH3 is 4. The summed E-state index contributed by atoms with van der Waals surface area (Å²) in [6.45, 7) is 53.8. The molecule has 7 saturated heterocycles. The van der Waals surface area contributed by atoms with Crippen LogP contribution in [0.4, 0.5) is 8.78 Å². The molecule has 3 N–H and O–H groups in total. The Morgan fingerprint density at radius 2 is 0.565 bits per heavy atom. The van der Waals surface area contributed by atoms with E-state index in [9.17, 15) is 15.3 Å². The van der Waals surface area contributed by atoms with Crippen LogP contribution in [-0.4, -0.2) is 250 Å². The topological polar surface area (TPSA) is 227 Å².